The van der Waals surface area contributed by atoms with Crippen molar-refractivity contribution in [2.24, 2.45) is 17.4 Å². The molecular formula is C23H28ClN5O2. The van der Waals surface area contributed by atoms with Gasteiger partial charge in [-0.1, -0.05) is 36.2 Å². The van der Waals surface area contributed by atoms with Gasteiger partial charge >= 0.3 is 5.96 Å². The fraction of sp³-hybridized carbons (Fsp3) is 0.435. The summed E-state index contributed by atoms with van der Waals surface area (Å²) in [5, 5.41) is 6.45. The fourth-order valence-corrected chi connectivity index (χ4v) is 4.66. The average molecular weight is 442 g/mol. The van der Waals surface area contributed by atoms with Gasteiger partial charge in [0.05, 0.1) is 13.2 Å². The second kappa shape index (κ2) is 9.14. The first-order valence-corrected chi connectivity index (χ1v) is 10.8. The summed E-state index contributed by atoms with van der Waals surface area (Å²) in [4.78, 5) is 4.62. The van der Waals surface area contributed by atoms with Gasteiger partial charge in [-0.15, -0.1) is 0 Å². The first-order valence-electron chi connectivity index (χ1n) is 10.8. The molecule has 3 aromatic rings. The third-order valence-corrected chi connectivity index (χ3v) is 6.34. The fourth-order valence-electron chi connectivity index (χ4n) is 4.66. The van der Waals surface area contributed by atoms with E-state index in [0.29, 0.717) is 23.6 Å². The molecule has 2 heterocycles. The molecular weight excluding hydrogens is 414 g/mol. The van der Waals surface area contributed by atoms with Crippen LogP contribution < -0.4 is 28.6 Å². The first-order chi connectivity index (χ1) is 14.7. The van der Waals surface area contributed by atoms with Gasteiger partial charge in [0.2, 0.25) is 5.82 Å². The van der Waals surface area contributed by atoms with Gasteiger partial charge in [0.1, 0.15) is 5.75 Å². The predicted octanol–water partition coefficient (Wildman–Crippen LogP) is 0.584. The van der Waals surface area contributed by atoms with E-state index in [1.165, 1.54) is 25.7 Å². The summed E-state index contributed by atoms with van der Waals surface area (Å²) < 4.78 is 13.5. The highest BCUT2D eigenvalue weighted by atomic mass is 35.5. The molecule has 0 bridgehead atoms. The van der Waals surface area contributed by atoms with E-state index < -0.39 is 0 Å². The topological polar surface area (TPSA) is 103 Å². The number of halogens is 1. The lowest BCUT2D eigenvalue weighted by atomic mass is 10.1. The van der Waals surface area contributed by atoms with Crippen LogP contribution in [0.3, 0.4) is 0 Å². The molecule has 0 amide bonds. The van der Waals surface area contributed by atoms with Gasteiger partial charge in [0.15, 0.2) is 6.04 Å². The molecule has 1 atom stereocenters. The van der Waals surface area contributed by atoms with Gasteiger partial charge < -0.3 is 21.7 Å². The summed E-state index contributed by atoms with van der Waals surface area (Å²) in [7, 11) is 0. The van der Waals surface area contributed by atoms with Gasteiger partial charge in [-0.25, -0.2) is 0 Å². The van der Waals surface area contributed by atoms with Crippen LogP contribution in [0.2, 0.25) is 0 Å². The van der Waals surface area contributed by atoms with Gasteiger partial charge in [-0.3, -0.25) is 16.0 Å². The van der Waals surface area contributed by atoms with Crippen molar-refractivity contribution < 1.29 is 26.2 Å². The lowest BCUT2D eigenvalue weighted by Gasteiger charge is -2.12. The van der Waals surface area contributed by atoms with Gasteiger partial charge in [-0.05, 0) is 60.6 Å². The van der Waals surface area contributed by atoms with E-state index in [1.807, 2.05) is 16.7 Å². The van der Waals surface area contributed by atoms with E-state index in [9.17, 15) is 0 Å². The summed E-state index contributed by atoms with van der Waals surface area (Å²) >= 11 is 0. The predicted molar refractivity (Wildman–Crippen MR) is 115 cm³/mol. The maximum absolute atomic E-state index is 6.04. The normalized spacial score (nSPS) is 19.0. The zero-order chi connectivity index (χ0) is 20.5. The van der Waals surface area contributed by atoms with Crippen molar-refractivity contribution in [2.45, 2.75) is 44.6 Å². The molecule has 1 saturated heterocycles. The summed E-state index contributed by atoms with van der Waals surface area (Å²) in [6.45, 7) is 1.63. The number of hydrogen-bond donors (Lipinski definition) is 2. The Morgan fingerprint density at radius 2 is 1.81 bits per heavy atom. The van der Waals surface area contributed by atoms with Crippen molar-refractivity contribution in [1.82, 2.24) is 10.1 Å². The molecule has 1 saturated carbocycles. The Morgan fingerprint density at radius 3 is 2.61 bits per heavy atom. The third-order valence-electron chi connectivity index (χ3n) is 6.34. The number of rotatable bonds is 5. The number of aromatic nitrogens is 2. The van der Waals surface area contributed by atoms with Crippen LogP contribution in [0.25, 0.3) is 22.2 Å². The molecule has 5 rings (SSSR count). The van der Waals surface area contributed by atoms with Crippen LogP contribution in [0.5, 0.6) is 5.75 Å². The molecule has 4 N–H and O–H groups in total. The average Bonchev–Trinajstić information content (AvgIpc) is 3.52. The second-order valence-corrected chi connectivity index (χ2v) is 8.42. The smallest absolute Gasteiger partial charge is 0.341 e. The third kappa shape index (κ3) is 4.46. The molecule has 2 aliphatic rings. The highest BCUT2D eigenvalue weighted by molar-refractivity contribution is 5.87. The number of hydrogen-bond acceptors (Lipinski definition) is 4. The number of nitrogens with two attached hydrogens (primary N) is 2. The minimum Gasteiger partial charge on any atom is -1.00 e. The van der Waals surface area contributed by atoms with Crippen molar-refractivity contribution in [2.75, 3.05) is 13.2 Å². The molecule has 7 nitrogen and oxygen atoms in total. The van der Waals surface area contributed by atoms with Crippen LogP contribution >= 0.6 is 0 Å². The van der Waals surface area contributed by atoms with E-state index in [2.05, 4.69) is 34.4 Å². The maximum Gasteiger partial charge on any atom is 0.341 e. The number of benzene rings is 2. The number of nitrogens with zero attached hydrogens (tertiary/aromatic N) is 3. The lowest BCUT2D eigenvalue weighted by Crippen LogP contribution is -3.00. The molecule has 1 aliphatic carbocycles. The van der Waals surface area contributed by atoms with Crippen LogP contribution in [0, 0.1) is 5.92 Å². The van der Waals surface area contributed by atoms with E-state index in [0.717, 1.165) is 48.1 Å². The molecule has 31 heavy (non-hydrogen) atoms. The molecule has 8 heteroatoms. The summed E-state index contributed by atoms with van der Waals surface area (Å²) in [6.07, 6.45) is 7.16. The molecule has 2 aromatic carbocycles. The van der Waals surface area contributed by atoms with E-state index in [-0.39, 0.29) is 18.4 Å². The number of ether oxygens (including phenoxy) is 1. The Kier molecular flexibility index (Phi) is 6.32. The van der Waals surface area contributed by atoms with Crippen molar-refractivity contribution in [3.8, 4) is 17.1 Å². The minimum atomic E-state index is -0.0451. The van der Waals surface area contributed by atoms with E-state index in [4.69, 9.17) is 20.7 Å². The highest BCUT2D eigenvalue weighted by Crippen LogP contribution is 2.31. The molecule has 0 spiro atoms. The van der Waals surface area contributed by atoms with Gasteiger partial charge in [0.25, 0.3) is 5.89 Å². The zero-order valence-corrected chi connectivity index (χ0v) is 18.2. The van der Waals surface area contributed by atoms with Crippen LogP contribution in [0.4, 0.5) is 0 Å². The summed E-state index contributed by atoms with van der Waals surface area (Å²) in [6, 6.07) is 12.4. The van der Waals surface area contributed by atoms with Gasteiger partial charge in [0, 0.05) is 5.56 Å². The Morgan fingerprint density at radius 1 is 1.03 bits per heavy atom. The standard InChI is InChI=1S/C23H27N5O2.ClH/c24-23(25)28-11-3-6-20(28)22-26-21(27-30-22)18-8-7-17-13-19(10-9-16(17)12-18)29-14-15-4-1-2-5-15;/h7-10,12-13,15,20H,1-6,11,14H2,(H3,24,25);1H/t20-;/m0./s1. The van der Waals surface area contributed by atoms with Crippen LogP contribution in [0.15, 0.2) is 40.9 Å². The number of guanidine groups is 1. The van der Waals surface area contributed by atoms with Crippen LogP contribution in [-0.2, 0) is 0 Å². The van der Waals surface area contributed by atoms with E-state index in [1.54, 1.807) is 0 Å². The molecule has 2 fully saturated rings. The largest absolute Gasteiger partial charge is 1.00 e. The quantitative estimate of drug-likeness (QED) is 0.443. The van der Waals surface area contributed by atoms with Crippen molar-refractivity contribution in [3.63, 3.8) is 0 Å². The minimum absolute atomic E-state index is 0. The van der Waals surface area contributed by atoms with E-state index >= 15 is 0 Å². The Bertz CT molecular complexity index is 1090. The van der Waals surface area contributed by atoms with Gasteiger partial charge in [-0.2, -0.15) is 4.98 Å². The molecule has 1 aliphatic heterocycles. The second-order valence-electron chi connectivity index (χ2n) is 8.42. The first kappa shape index (κ1) is 21.4. The van der Waals surface area contributed by atoms with Crippen molar-refractivity contribution in [3.05, 3.63) is 42.3 Å². The Balaban J connectivity index is 0.00000231. The summed E-state index contributed by atoms with van der Waals surface area (Å²) in [5.74, 6) is 3.08. The lowest BCUT2D eigenvalue weighted by molar-refractivity contribution is -0.555. The maximum atomic E-state index is 6.04. The molecule has 0 radical (unpaired) electrons. The Hall–Kier alpha value is -2.80. The van der Waals surface area contributed by atoms with Crippen LogP contribution in [-0.4, -0.2) is 33.8 Å². The molecule has 1 aromatic heterocycles. The van der Waals surface area contributed by atoms with Crippen LogP contribution in [0.1, 0.15) is 50.5 Å². The van der Waals surface area contributed by atoms with Crippen molar-refractivity contribution >= 4 is 16.7 Å². The highest BCUT2D eigenvalue weighted by Gasteiger charge is 2.31. The zero-order valence-electron chi connectivity index (χ0n) is 17.5. The molecule has 164 valence electrons. The molecule has 0 unspecified atom stereocenters. The van der Waals surface area contributed by atoms with Crippen molar-refractivity contribution in [1.29, 1.82) is 0 Å². The Labute approximate surface area is 187 Å². The monoisotopic (exact) mass is 441 g/mol. The SMILES string of the molecule is NC(N)=[N+]1CCC[C@H]1c1nc(-c2ccc3cc(OCC4CCCC4)ccc3c2)no1.[Cl-]. The number of fused-ring (bicyclic) bond motifs is 1. The summed E-state index contributed by atoms with van der Waals surface area (Å²) in [5.41, 5.74) is 12.5.